The number of rotatable bonds is 5. The SMILES string of the molecule is CCc1cc(C(=O)N2CC(Oc3ccccc3CC)C2)ccn1. The summed E-state index contributed by atoms with van der Waals surface area (Å²) in [7, 11) is 0. The lowest BCUT2D eigenvalue weighted by atomic mass is 10.1. The number of hydrogen-bond donors (Lipinski definition) is 0. The Balaban J connectivity index is 1.59. The summed E-state index contributed by atoms with van der Waals surface area (Å²) < 4.78 is 6.03. The van der Waals surface area contributed by atoms with E-state index in [1.54, 1.807) is 12.3 Å². The van der Waals surface area contributed by atoms with Crippen LogP contribution >= 0.6 is 0 Å². The molecule has 1 amide bonds. The molecule has 4 nitrogen and oxygen atoms in total. The molecule has 0 saturated carbocycles. The second kappa shape index (κ2) is 6.82. The molecule has 0 atom stereocenters. The van der Waals surface area contributed by atoms with E-state index in [-0.39, 0.29) is 12.0 Å². The highest BCUT2D eigenvalue weighted by molar-refractivity contribution is 5.94. The third-order valence-corrected chi connectivity index (χ3v) is 4.21. The quantitative estimate of drug-likeness (QED) is 0.852. The van der Waals surface area contributed by atoms with Gasteiger partial charge in [-0.3, -0.25) is 9.78 Å². The summed E-state index contributed by atoms with van der Waals surface area (Å²) in [5.74, 6) is 0.995. The molecule has 1 fully saturated rings. The predicted octanol–water partition coefficient (Wildman–Crippen LogP) is 3.11. The number of ether oxygens (including phenoxy) is 1. The van der Waals surface area contributed by atoms with Crippen molar-refractivity contribution in [3.05, 3.63) is 59.4 Å². The van der Waals surface area contributed by atoms with Gasteiger partial charge in [-0.1, -0.05) is 32.0 Å². The normalized spacial score (nSPS) is 14.4. The van der Waals surface area contributed by atoms with Crippen LogP contribution in [0.3, 0.4) is 0 Å². The molecular weight excluding hydrogens is 288 g/mol. The van der Waals surface area contributed by atoms with E-state index in [4.69, 9.17) is 4.74 Å². The fraction of sp³-hybridized carbons (Fsp3) is 0.368. The summed E-state index contributed by atoms with van der Waals surface area (Å²) in [6.45, 7) is 5.43. The van der Waals surface area contributed by atoms with E-state index in [2.05, 4.69) is 18.0 Å². The maximum Gasteiger partial charge on any atom is 0.254 e. The van der Waals surface area contributed by atoms with Crippen LogP contribution in [-0.2, 0) is 12.8 Å². The number of para-hydroxylation sites is 1. The summed E-state index contributed by atoms with van der Waals surface area (Å²) in [5.41, 5.74) is 2.87. The number of hydrogen-bond acceptors (Lipinski definition) is 3. The van der Waals surface area contributed by atoms with Crippen LogP contribution in [0.5, 0.6) is 5.75 Å². The van der Waals surface area contributed by atoms with Crippen LogP contribution in [-0.4, -0.2) is 35.0 Å². The minimum absolute atomic E-state index is 0.0609. The van der Waals surface area contributed by atoms with Crippen molar-refractivity contribution in [1.29, 1.82) is 0 Å². The van der Waals surface area contributed by atoms with Gasteiger partial charge < -0.3 is 9.64 Å². The van der Waals surface area contributed by atoms with Crippen LogP contribution in [0.15, 0.2) is 42.6 Å². The van der Waals surface area contributed by atoms with Gasteiger partial charge in [0.25, 0.3) is 5.91 Å². The summed E-state index contributed by atoms with van der Waals surface area (Å²) in [5, 5.41) is 0. The van der Waals surface area contributed by atoms with Gasteiger partial charge in [0.1, 0.15) is 11.9 Å². The molecule has 120 valence electrons. The van der Waals surface area contributed by atoms with Gasteiger partial charge in [-0.15, -0.1) is 0 Å². The predicted molar refractivity (Wildman–Crippen MR) is 89.8 cm³/mol. The third kappa shape index (κ3) is 3.36. The second-order valence-corrected chi connectivity index (χ2v) is 5.80. The van der Waals surface area contributed by atoms with Gasteiger partial charge in [0.15, 0.2) is 0 Å². The van der Waals surface area contributed by atoms with Gasteiger partial charge in [0.05, 0.1) is 13.1 Å². The fourth-order valence-electron chi connectivity index (χ4n) is 2.76. The van der Waals surface area contributed by atoms with Gasteiger partial charge in [-0.05, 0) is 36.6 Å². The molecule has 1 aromatic heterocycles. The molecule has 0 bridgehead atoms. The summed E-state index contributed by atoms with van der Waals surface area (Å²) in [6, 6.07) is 11.8. The van der Waals surface area contributed by atoms with E-state index in [9.17, 15) is 4.79 Å². The van der Waals surface area contributed by atoms with Crippen molar-refractivity contribution in [2.24, 2.45) is 0 Å². The standard InChI is InChI=1S/C19H22N2O2/c1-3-14-7-5-6-8-18(14)23-17-12-21(13-17)19(22)15-9-10-20-16(4-2)11-15/h5-11,17H,3-4,12-13H2,1-2H3. The topological polar surface area (TPSA) is 42.4 Å². The lowest BCUT2D eigenvalue weighted by Crippen LogP contribution is -2.56. The number of benzene rings is 1. The Morgan fingerprint density at radius 3 is 2.74 bits per heavy atom. The van der Waals surface area contributed by atoms with Gasteiger partial charge in [-0.2, -0.15) is 0 Å². The largest absolute Gasteiger partial charge is 0.486 e. The minimum Gasteiger partial charge on any atom is -0.486 e. The Morgan fingerprint density at radius 1 is 1.22 bits per heavy atom. The third-order valence-electron chi connectivity index (χ3n) is 4.21. The number of carbonyl (C=O) groups is 1. The number of pyridine rings is 1. The van der Waals surface area contributed by atoms with Crippen molar-refractivity contribution in [1.82, 2.24) is 9.88 Å². The molecule has 23 heavy (non-hydrogen) atoms. The maximum atomic E-state index is 12.5. The number of aromatic nitrogens is 1. The molecule has 1 saturated heterocycles. The van der Waals surface area contributed by atoms with Crippen molar-refractivity contribution in [3.63, 3.8) is 0 Å². The fourth-order valence-corrected chi connectivity index (χ4v) is 2.76. The lowest BCUT2D eigenvalue weighted by Gasteiger charge is -2.39. The molecule has 0 spiro atoms. The first-order valence-electron chi connectivity index (χ1n) is 8.20. The molecule has 3 rings (SSSR count). The van der Waals surface area contributed by atoms with Crippen molar-refractivity contribution in [2.75, 3.05) is 13.1 Å². The monoisotopic (exact) mass is 310 g/mol. The molecule has 4 heteroatoms. The van der Waals surface area contributed by atoms with Gasteiger partial charge in [-0.25, -0.2) is 0 Å². The highest BCUT2D eigenvalue weighted by Gasteiger charge is 2.33. The van der Waals surface area contributed by atoms with Crippen LogP contribution in [0.4, 0.5) is 0 Å². The molecular formula is C19H22N2O2. The van der Waals surface area contributed by atoms with E-state index < -0.39 is 0 Å². The van der Waals surface area contributed by atoms with Crippen LogP contribution in [0.2, 0.25) is 0 Å². The van der Waals surface area contributed by atoms with Crippen LogP contribution in [0.25, 0.3) is 0 Å². The van der Waals surface area contributed by atoms with Gasteiger partial charge in [0, 0.05) is 17.5 Å². The molecule has 1 aliphatic rings. The molecule has 0 N–H and O–H groups in total. The first-order valence-corrected chi connectivity index (χ1v) is 8.20. The van der Waals surface area contributed by atoms with E-state index in [1.165, 1.54) is 5.56 Å². The lowest BCUT2D eigenvalue weighted by molar-refractivity contribution is 0.0174. The zero-order chi connectivity index (χ0) is 16.2. The average molecular weight is 310 g/mol. The average Bonchev–Trinajstić information content (AvgIpc) is 2.57. The number of nitrogens with zero attached hydrogens (tertiary/aromatic N) is 2. The first-order chi connectivity index (χ1) is 11.2. The van der Waals surface area contributed by atoms with Crippen molar-refractivity contribution < 1.29 is 9.53 Å². The first kappa shape index (κ1) is 15.5. The zero-order valence-electron chi connectivity index (χ0n) is 13.7. The Bertz CT molecular complexity index is 693. The highest BCUT2D eigenvalue weighted by Crippen LogP contribution is 2.24. The molecule has 0 unspecified atom stereocenters. The Hall–Kier alpha value is -2.36. The minimum atomic E-state index is 0.0609. The van der Waals surface area contributed by atoms with E-state index in [0.717, 1.165) is 24.3 Å². The Kier molecular flexibility index (Phi) is 4.60. The molecule has 1 aromatic carbocycles. The summed E-state index contributed by atoms with van der Waals surface area (Å²) in [4.78, 5) is 18.5. The number of aryl methyl sites for hydroxylation is 2. The number of carbonyl (C=O) groups excluding carboxylic acids is 1. The van der Waals surface area contributed by atoms with E-state index in [0.29, 0.717) is 18.7 Å². The highest BCUT2D eigenvalue weighted by atomic mass is 16.5. The van der Waals surface area contributed by atoms with Crippen LogP contribution in [0.1, 0.15) is 35.5 Å². The van der Waals surface area contributed by atoms with E-state index >= 15 is 0 Å². The second-order valence-electron chi connectivity index (χ2n) is 5.80. The Morgan fingerprint density at radius 2 is 2.00 bits per heavy atom. The Labute approximate surface area is 137 Å². The maximum absolute atomic E-state index is 12.5. The van der Waals surface area contributed by atoms with Crippen LogP contribution < -0.4 is 4.74 Å². The summed E-state index contributed by atoms with van der Waals surface area (Å²) in [6.07, 6.45) is 3.57. The van der Waals surface area contributed by atoms with Crippen molar-refractivity contribution in [2.45, 2.75) is 32.8 Å². The van der Waals surface area contributed by atoms with Crippen molar-refractivity contribution in [3.8, 4) is 5.75 Å². The van der Waals surface area contributed by atoms with Gasteiger partial charge in [0.2, 0.25) is 0 Å². The van der Waals surface area contributed by atoms with E-state index in [1.807, 2.05) is 36.1 Å². The smallest absolute Gasteiger partial charge is 0.254 e. The van der Waals surface area contributed by atoms with Gasteiger partial charge >= 0.3 is 0 Å². The number of amides is 1. The van der Waals surface area contributed by atoms with Crippen LogP contribution in [0, 0.1) is 0 Å². The number of likely N-dealkylation sites (tertiary alicyclic amines) is 1. The molecule has 1 aliphatic heterocycles. The molecule has 2 aromatic rings. The zero-order valence-corrected chi connectivity index (χ0v) is 13.7. The molecule has 0 radical (unpaired) electrons. The summed E-state index contributed by atoms with van der Waals surface area (Å²) >= 11 is 0. The molecule has 0 aliphatic carbocycles. The molecule has 2 heterocycles. The van der Waals surface area contributed by atoms with Crippen molar-refractivity contribution >= 4 is 5.91 Å².